The van der Waals surface area contributed by atoms with Gasteiger partial charge in [-0.15, -0.1) is 0 Å². The first-order chi connectivity index (χ1) is 11.8. The van der Waals surface area contributed by atoms with Gasteiger partial charge in [0.15, 0.2) is 0 Å². The highest BCUT2D eigenvalue weighted by Gasteiger charge is 2.15. The summed E-state index contributed by atoms with van der Waals surface area (Å²) >= 11 is 0. The lowest BCUT2D eigenvalue weighted by atomic mass is 10.1. The lowest BCUT2D eigenvalue weighted by molar-refractivity contribution is -0.121. The van der Waals surface area contributed by atoms with Gasteiger partial charge in [-0.3, -0.25) is 4.79 Å². The maximum absolute atomic E-state index is 11.9. The van der Waals surface area contributed by atoms with E-state index in [0.717, 1.165) is 23.7 Å². The number of rotatable bonds is 11. The van der Waals surface area contributed by atoms with Crippen molar-refractivity contribution in [3.05, 3.63) is 23.9 Å². The standard InChI is InChI=1S/C17H26N2O3S2/c1-21-9-10-22-17-7-6-14(13-19-17)12-18-16(20)5-3-2-4-15-8-11-23-24-15/h6-7,13,15H,2-5,8-12H2,1H3,(H,18,20). The molecule has 1 aliphatic rings. The molecule has 0 spiro atoms. The highest BCUT2D eigenvalue weighted by atomic mass is 33.1. The molecule has 1 atom stereocenters. The number of carbonyl (C=O) groups is 1. The van der Waals surface area contributed by atoms with Crippen LogP contribution in [-0.4, -0.2) is 42.2 Å². The molecule has 0 aliphatic carbocycles. The number of methoxy groups -OCH3 is 1. The van der Waals surface area contributed by atoms with E-state index in [1.54, 1.807) is 13.3 Å². The van der Waals surface area contributed by atoms with Gasteiger partial charge in [-0.25, -0.2) is 4.98 Å². The second-order valence-electron chi connectivity index (χ2n) is 5.70. The molecule has 1 fully saturated rings. The van der Waals surface area contributed by atoms with Crippen LogP contribution in [-0.2, 0) is 16.1 Å². The summed E-state index contributed by atoms with van der Waals surface area (Å²) in [7, 11) is 5.62. The van der Waals surface area contributed by atoms with Crippen LogP contribution in [0.1, 0.15) is 37.7 Å². The van der Waals surface area contributed by atoms with E-state index in [-0.39, 0.29) is 5.91 Å². The average Bonchev–Trinajstić information content (AvgIpc) is 3.12. The smallest absolute Gasteiger partial charge is 0.220 e. The molecule has 1 unspecified atom stereocenters. The van der Waals surface area contributed by atoms with E-state index in [1.165, 1.54) is 18.6 Å². The second-order valence-corrected chi connectivity index (χ2v) is 8.48. The van der Waals surface area contributed by atoms with E-state index in [2.05, 4.69) is 10.3 Å². The predicted molar refractivity (Wildman–Crippen MR) is 100 cm³/mol. The molecule has 5 nitrogen and oxygen atoms in total. The fourth-order valence-electron chi connectivity index (χ4n) is 2.34. The first kappa shape index (κ1) is 19.4. The highest BCUT2D eigenvalue weighted by Crippen LogP contribution is 2.39. The fourth-order valence-corrected chi connectivity index (χ4v) is 5.37. The molecule has 7 heteroatoms. The van der Waals surface area contributed by atoms with Crippen LogP contribution >= 0.6 is 21.6 Å². The average molecular weight is 371 g/mol. The minimum atomic E-state index is 0.115. The van der Waals surface area contributed by atoms with Gasteiger partial charge in [0.25, 0.3) is 0 Å². The van der Waals surface area contributed by atoms with Gasteiger partial charge in [0.05, 0.1) is 6.61 Å². The molecule has 2 rings (SSSR count). The third kappa shape index (κ3) is 7.77. The van der Waals surface area contributed by atoms with Gasteiger partial charge < -0.3 is 14.8 Å². The Kier molecular flexibility index (Phi) is 9.38. The zero-order valence-electron chi connectivity index (χ0n) is 14.2. The summed E-state index contributed by atoms with van der Waals surface area (Å²) in [5.74, 6) is 1.97. The molecule has 1 aromatic heterocycles. The minimum absolute atomic E-state index is 0.115. The number of ether oxygens (including phenoxy) is 2. The van der Waals surface area contributed by atoms with Gasteiger partial charge in [-0.1, -0.05) is 34.1 Å². The maximum Gasteiger partial charge on any atom is 0.220 e. The summed E-state index contributed by atoms with van der Waals surface area (Å²) in [6, 6.07) is 3.73. The number of hydrogen-bond acceptors (Lipinski definition) is 6. The normalized spacial score (nSPS) is 17.0. The Morgan fingerprint density at radius 2 is 2.29 bits per heavy atom. The fraction of sp³-hybridized carbons (Fsp3) is 0.647. The number of nitrogens with zero attached hydrogens (tertiary/aromatic N) is 1. The number of amides is 1. The molecule has 0 aromatic carbocycles. The van der Waals surface area contributed by atoms with Crippen molar-refractivity contribution in [1.29, 1.82) is 0 Å². The summed E-state index contributed by atoms with van der Waals surface area (Å²) in [6.45, 7) is 1.54. The van der Waals surface area contributed by atoms with Gasteiger partial charge >= 0.3 is 0 Å². The van der Waals surface area contributed by atoms with Crippen LogP contribution in [0.5, 0.6) is 5.88 Å². The van der Waals surface area contributed by atoms with Gasteiger partial charge in [0.2, 0.25) is 11.8 Å². The molecule has 0 radical (unpaired) electrons. The Bertz CT molecular complexity index is 479. The van der Waals surface area contributed by atoms with E-state index in [1.807, 2.05) is 33.7 Å². The van der Waals surface area contributed by atoms with Crippen molar-refractivity contribution in [2.24, 2.45) is 0 Å². The monoisotopic (exact) mass is 370 g/mol. The summed E-state index contributed by atoms with van der Waals surface area (Å²) < 4.78 is 10.3. The van der Waals surface area contributed by atoms with Gasteiger partial charge in [-0.05, 0) is 24.8 Å². The van der Waals surface area contributed by atoms with Crippen LogP contribution < -0.4 is 10.1 Å². The Morgan fingerprint density at radius 1 is 1.38 bits per heavy atom. The van der Waals surface area contributed by atoms with Crippen LogP contribution in [0, 0.1) is 0 Å². The molecular weight excluding hydrogens is 344 g/mol. The summed E-state index contributed by atoms with van der Waals surface area (Å²) in [6.07, 6.45) is 7.01. The Balaban J connectivity index is 1.55. The number of pyridine rings is 1. The Hall–Kier alpha value is -0.920. The first-order valence-corrected chi connectivity index (χ1v) is 10.8. The molecule has 134 valence electrons. The van der Waals surface area contributed by atoms with Crippen LogP contribution in [0.3, 0.4) is 0 Å². The van der Waals surface area contributed by atoms with E-state index in [4.69, 9.17) is 9.47 Å². The van der Waals surface area contributed by atoms with Crippen LogP contribution in [0.15, 0.2) is 18.3 Å². The number of carbonyl (C=O) groups excluding carboxylic acids is 1. The molecule has 24 heavy (non-hydrogen) atoms. The topological polar surface area (TPSA) is 60.5 Å². The Morgan fingerprint density at radius 3 is 3.00 bits per heavy atom. The zero-order chi connectivity index (χ0) is 17.0. The van der Waals surface area contributed by atoms with Crippen molar-refractivity contribution in [2.45, 2.75) is 43.9 Å². The zero-order valence-corrected chi connectivity index (χ0v) is 15.8. The molecule has 0 bridgehead atoms. The summed E-state index contributed by atoms with van der Waals surface area (Å²) in [5.41, 5.74) is 0.974. The first-order valence-electron chi connectivity index (χ1n) is 8.39. The number of nitrogens with one attached hydrogen (secondary N) is 1. The molecule has 2 heterocycles. The molecule has 1 N–H and O–H groups in total. The Labute approximate surface area is 152 Å². The predicted octanol–water partition coefficient (Wildman–Crippen LogP) is 3.44. The van der Waals surface area contributed by atoms with Gasteiger partial charge in [0.1, 0.15) is 6.61 Å². The summed E-state index contributed by atoms with van der Waals surface area (Å²) in [5, 5.41) is 3.75. The van der Waals surface area contributed by atoms with Crippen LogP contribution in [0.4, 0.5) is 0 Å². The lowest BCUT2D eigenvalue weighted by Crippen LogP contribution is -2.22. The van der Waals surface area contributed by atoms with Gasteiger partial charge in [-0.2, -0.15) is 0 Å². The van der Waals surface area contributed by atoms with E-state index in [0.29, 0.717) is 32.1 Å². The maximum atomic E-state index is 11.9. The summed E-state index contributed by atoms with van der Waals surface area (Å²) in [4.78, 5) is 16.1. The molecular formula is C17H26N2O3S2. The van der Waals surface area contributed by atoms with Crippen molar-refractivity contribution in [3.63, 3.8) is 0 Å². The van der Waals surface area contributed by atoms with Crippen molar-refractivity contribution in [3.8, 4) is 5.88 Å². The lowest BCUT2D eigenvalue weighted by Gasteiger charge is -2.08. The minimum Gasteiger partial charge on any atom is -0.475 e. The molecule has 1 amide bonds. The molecule has 1 aromatic rings. The van der Waals surface area contributed by atoms with Crippen molar-refractivity contribution < 1.29 is 14.3 Å². The van der Waals surface area contributed by atoms with E-state index in [9.17, 15) is 4.79 Å². The molecule has 1 saturated heterocycles. The van der Waals surface area contributed by atoms with Gasteiger partial charge in [0, 0.05) is 43.3 Å². The van der Waals surface area contributed by atoms with Crippen molar-refractivity contribution in [1.82, 2.24) is 10.3 Å². The largest absolute Gasteiger partial charge is 0.475 e. The molecule has 0 saturated carbocycles. The van der Waals surface area contributed by atoms with Crippen molar-refractivity contribution >= 4 is 27.5 Å². The third-order valence-corrected chi connectivity index (χ3v) is 6.74. The quantitative estimate of drug-likeness (QED) is 0.476. The number of aromatic nitrogens is 1. The number of hydrogen-bond donors (Lipinski definition) is 1. The van der Waals surface area contributed by atoms with Crippen molar-refractivity contribution in [2.75, 3.05) is 26.1 Å². The molecule has 1 aliphatic heterocycles. The SMILES string of the molecule is COCCOc1ccc(CNC(=O)CCCCC2CCSS2)cn1. The second kappa shape index (κ2) is 11.6. The highest BCUT2D eigenvalue weighted by molar-refractivity contribution is 8.77. The van der Waals surface area contributed by atoms with Crippen LogP contribution in [0.2, 0.25) is 0 Å². The van der Waals surface area contributed by atoms with E-state index >= 15 is 0 Å². The number of unbranched alkanes of at least 4 members (excludes halogenated alkanes) is 1. The van der Waals surface area contributed by atoms with E-state index < -0.39 is 0 Å². The van der Waals surface area contributed by atoms with Crippen LogP contribution in [0.25, 0.3) is 0 Å². The third-order valence-electron chi connectivity index (χ3n) is 3.73.